The highest BCUT2D eigenvalue weighted by Crippen LogP contribution is 2.22. The summed E-state index contributed by atoms with van der Waals surface area (Å²) in [6.07, 6.45) is 1.69. The molecular formula is C17H25IN4O2S. The molecule has 2 aromatic rings. The molecule has 1 unspecified atom stereocenters. The lowest BCUT2D eigenvalue weighted by molar-refractivity contribution is 0.0621. The van der Waals surface area contributed by atoms with Crippen LogP contribution >= 0.6 is 35.3 Å². The van der Waals surface area contributed by atoms with E-state index in [1.165, 1.54) is 0 Å². The fraction of sp³-hybridized carbons (Fsp3) is 0.412. The van der Waals surface area contributed by atoms with Crippen LogP contribution in [0.4, 0.5) is 0 Å². The summed E-state index contributed by atoms with van der Waals surface area (Å²) >= 11 is 1.57. The van der Waals surface area contributed by atoms with Gasteiger partial charge in [0.15, 0.2) is 5.96 Å². The van der Waals surface area contributed by atoms with Gasteiger partial charge in [0.2, 0.25) is 5.88 Å². The van der Waals surface area contributed by atoms with E-state index < -0.39 is 5.60 Å². The first kappa shape index (κ1) is 21.7. The summed E-state index contributed by atoms with van der Waals surface area (Å²) in [6.45, 7) is 5.32. The summed E-state index contributed by atoms with van der Waals surface area (Å²) in [5.74, 6) is 1.21. The van der Waals surface area contributed by atoms with Crippen LogP contribution in [0.15, 0.2) is 40.1 Å². The Labute approximate surface area is 169 Å². The lowest BCUT2D eigenvalue weighted by atomic mass is 9.99. The van der Waals surface area contributed by atoms with E-state index in [0.29, 0.717) is 24.9 Å². The van der Waals surface area contributed by atoms with Gasteiger partial charge in [-0.15, -0.1) is 24.0 Å². The van der Waals surface area contributed by atoms with Gasteiger partial charge in [0.05, 0.1) is 20.2 Å². The first-order valence-corrected chi connectivity index (χ1v) is 8.76. The van der Waals surface area contributed by atoms with Gasteiger partial charge in [-0.2, -0.15) is 11.3 Å². The molecule has 2 aromatic heterocycles. The Morgan fingerprint density at radius 1 is 1.40 bits per heavy atom. The van der Waals surface area contributed by atoms with Crippen molar-refractivity contribution in [3.8, 4) is 5.88 Å². The number of rotatable bonds is 7. The Morgan fingerprint density at radius 3 is 2.84 bits per heavy atom. The fourth-order valence-corrected chi connectivity index (χ4v) is 2.95. The molecular weight excluding hydrogens is 451 g/mol. The van der Waals surface area contributed by atoms with E-state index in [1.807, 2.05) is 35.9 Å². The Morgan fingerprint density at radius 2 is 2.20 bits per heavy atom. The van der Waals surface area contributed by atoms with Gasteiger partial charge in [-0.3, -0.25) is 0 Å². The molecule has 0 saturated heterocycles. The molecule has 0 spiro atoms. The van der Waals surface area contributed by atoms with E-state index in [2.05, 4.69) is 20.6 Å². The second-order valence-electron chi connectivity index (χ2n) is 5.51. The van der Waals surface area contributed by atoms with Crippen LogP contribution in [0.1, 0.15) is 25.0 Å². The van der Waals surface area contributed by atoms with E-state index in [9.17, 15) is 5.11 Å². The molecule has 138 valence electrons. The van der Waals surface area contributed by atoms with Gasteiger partial charge in [0, 0.05) is 18.3 Å². The normalized spacial score (nSPS) is 13.5. The van der Waals surface area contributed by atoms with Gasteiger partial charge < -0.3 is 20.5 Å². The molecule has 2 rings (SSSR count). The maximum Gasteiger partial charge on any atom is 0.218 e. The molecule has 0 radical (unpaired) electrons. The predicted octanol–water partition coefficient (Wildman–Crippen LogP) is 2.73. The first-order valence-electron chi connectivity index (χ1n) is 7.82. The average molecular weight is 476 g/mol. The Balaban J connectivity index is 0.00000312. The third kappa shape index (κ3) is 6.44. The first-order chi connectivity index (χ1) is 11.6. The summed E-state index contributed by atoms with van der Waals surface area (Å²) < 4.78 is 5.24. The maximum absolute atomic E-state index is 10.6. The second kappa shape index (κ2) is 10.6. The van der Waals surface area contributed by atoms with Crippen LogP contribution in [0.5, 0.6) is 5.88 Å². The molecule has 0 amide bonds. The van der Waals surface area contributed by atoms with Crippen molar-refractivity contribution in [2.24, 2.45) is 4.99 Å². The number of thiophene rings is 1. The Hall–Kier alpha value is -1.39. The molecule has 0 aliphatic carbocycles. The van der Waals surface area contributed by atoms with Crippen LogP contribution in [0.3, 0.4) is 0 Å². The van der Waals surface area contributed by atoms with Crippen molar-refractivity contribution in [3.05, 3.63) is 46.3 Å². The van der Waals surface area contributed by atoms with Gasteiger partial charge >= 0.3 is 0 Å². The zero-order chi connectivity index (χ0) is 17.4. The van der Waals surface area contributed by atoms with E-state index in [0.717, 1.165) is 17.7 Å². The lowest BCUT2D eigenvalue weighted by Gasteiger charge is -2.24. The van der Waals surface area contributed by atoms with Gasteiger partial charge in [-0.25, -0.2) is 9.98 Å². The van der Waals surface area contributed by atoms with Crippen molar-refractivity contribution >= 4 is 41.3 Å². The summed E-state index contributed by atoms with van der Waals surface area (Å²) in [7, 11) is 1.59. The number of halogens is 1. The summed E-state index contributed by atoms with van der Waals surface area (Å²) in [5, 5.41) is 20.9. The number of pyridine rings is 1. The smallest absolute Gasteiger partial charge is 0.218 e. The highest BCUT2D eigenvalue weighted by Gasteiger charge is 2.23. The SMILES string of the molecule is CCNC(=NCc1cccnc1OC)NCC(C)(O)c1ccsc1.I. The minimum Gasteiger partial charge on any atom is -0.481 e. The molecule has 8 heteroatoms. The number of aliphatic imine (C=N–C) groups is 1. The van der Waals surface area contributed by atoms with Crippen LogP contribution in [0, 0.1) is 0 Å². The number of aliphatic hydroxyl groups is 1. The number of ether oxygens (including phenoxy) is 1. The minimum absolute atomic E-state index is 0. The highest BCUT2D eigenvalue weighted by atomic mass is 127. The quantitative estimate of drug-likeness (QED) is 0.326. The topological polar surface area (TPSA) is 78.8 Å². The van der Waals surface area contributed by atoms with Crippen molar-refractivity contribution in [1.82, 2.24) is 15.6 Å². The van der Waals surface area contributed by atoms with E-state index in [-0.39, 0.29) is 24.0 Å². The van der Waals surface area contributed by atoms with Crippen LogP contribution in [0.2, 0.25) is 0 Å². The van der Waals surface area contributed by atoms with E-state index in [1.54, 1.807) is 31.6 Å². The zero-order valence-corrected chi connectivity index (χ0v) is 17.8. The minimum atomic E-state index is -0.956. The fourth-order valence-electron chi connectivity index (χ4n) is 2.16. The molecule has 0 bridgehead atoms. The number of nitrogens with zero attached hydrogens (tertiary/aromatic N) is 2. The predicted molar refractivity (Wildman–Crippen MR) is 113 cm³/mol. The van der Waals surface area contributed by atoms with Crippen molar-refractivity contribution in [3.63, 3.8) is 0 Å². The Kier molecular flexibility index (Phi) is 9.15. The molecule has 0 saturated carbocycles. The highest BCUT2D eigenvalue weighted by molar-refractivity contribution is 14.0. The molecule has 0 fully saturated rings. The molecule has 25 heavy (non-hydrogen) atoms. The molecule has 0 aliphatic heterocycles. The second-order valence-corrected chi connectivity index (χ2v) is 6.29. The standard InChI is InChI=1S/C17H24N4O2S.HI/c1-4-18-16(20-10-13-6-5-8-19-15(13)23-3)21-12-17(2,22)14-7-9-24-11-14;/h5-9,11,22H,4,10,12H2,1-3H3,(H2,18,20,21);1H. The zero-order valence-electron chi connectivity index (χ0n) is 14.7. The van der Waals surface area contributed by atoms with Gasteiger partial charge in [-0.1, -0.05) is 6.07 Å². The van der Waals surface area contributed by atoms with Crippen molar-refractivity contribution in [2.45, 2.75) is 26.0 Å². The molecule has 6 nitrogen and oxygen atoms in total. The lowest BCUT2D eigenvalue weighted by Crippen LogP contribution is -2.44. The van der Waals surface area contributed by atoms with Crippen LogP contribution in [0.25, 0.3) is 0 Å². The Bertz CT molecular complexity index is 662. The molecule has 3 N–H and O–H groups in total. The number of methoxy groups -OCH3 is 1. The number of aromatic nitrogens is 1. The number of hydrogen-bond acceptors (Lipinski definition) is 5. The van der Waals surface area contributed by atoms with Gasteiger partial charge in [-0.05, 0) is 42.3 Å². The van der Waals surface area contributed by atoms with Gasteiger partial charge in [0.1, 0.15) is 5.60 Å². The van der Waals surface area contributed by atoms with E-state index in [4.69, 9.17) is 4.74 Å². The van der Waals surface area contributed by atoms with Crippen molar-refractivity contribution < 1.29 is 9.84 Å². The van der Waals surface area contributed by atoms with Crippen molar-refractivity contribution in [2.75, 3.05) is 20.2 Å². The number of nitrogens with one attached hydrogen (secondary N) is 2. The molecule has 0 aromatic carbocycles. The third-order valence-electron chi connectivity index (χ3n) is 3.54. The summed E-state index contributed by atoms with van der Waals surface area (Å²) in [6, 6.07) is 5.71. The molecule has 0 aliphatic rings. The van der Waals surface area contributed by atoms with Crippen LogP contribution < -0.4 is 15.4 Å². The average Bonchev–Trinajstić information content (AvgIpc) is 3.13. The van der Waals surface area contributed by atoms with Crippen LogP contribution in [-0.2, 0) is 12.1 Å². The number of hydrogen-bond donors (Lipinski definition) is 3. The maximum atomic E-state index is 10.6. The van der Waals surface area contributed by atoms with E-state index >= 15 is 0 Å². The third-order valence-corrected chi connectivity index (χ3v) is 4.22. The number of guanidine groups is 1. The molecule has 1 atom stereocenters. The van der Waals surface area contributed by atoms with Crippen molar-refractivity contribution in [1.29, 1.82) is 0 Å². The summed E-state index contributed by atoms with van der Waals surface area (Å²) in [5.41, 5.74) is 0.842. The summed E-state index contributed by atoms with van der Waals surface area (Å²) in [4.78, 5) is 8.71. The molecule has 2 heterocycles. The monoisotopic (exact) mass is 476 g/mol. The largest absolute Gasteiger partial charge is 0.481 e. The van der Waals surface area contributed by atoms with Gasteiger partial charge in [0.25, 0.3) is 0 Å². The van der Waals surface area contributed by atoms with Crippen LogP contribution in [-0.4, -0.2) is 36.2 Å².